The number of amides is 1. The summed E-state index contributed by atoms with van der Waals surface area (Å²) in [5, 5.41) is 10.3. The van der Waals surface area contributed by atoms with Crippen LogP contribution >= 0.6 is 0 Å². The molecule has 1 aromatic carbocycles. The first-order chi connectivity index (χ1) is 9.70. The number of benzene rings is 1. The number of anilines is 1. The number of hydrogen-bond acceptors (Lipinski definition) is 4. The molecule has 0 spiro atoms. The molecule has 2 rings (SSSR count). The lowest BCUT2D eigenvalue weighted by Gasteiger charge is -2.12. The minimum Gasteiger partial charge on any atom is -0.325 e. The summed E-state index contributed by atoms with van der Waals surface area (Å²) in [5.74, 6) is -0.153. The van der Waals surface area contributed by atoms with Gasteiger partial charge in [0.25, 0.3) is 0 Å². The maximum absolute atomic E-state index is 11.9. The molecule has 0 bridgehead atoms. The van der Waals surface area contributed by atoms with Crippen LogP contribution in [-0.2, 0) is 4.79 Å². The number of rotatable bonds is 6. The van der Waals surface area contributed by atoms with Crippen LogP contribution in [0, 0.1) is 0 Å². The van der Waals surface area contributed by atoms with Crippen molar-refractivity contribution in [3.63, 3.8) is 0 Å². The summed E-state index contributed by atoms with van der Waals surface area (Å²) in [6.07, 6.45) is 5.90. The van der Waals surface area contributed by atoms with Gasteiger partial charge < -0.3 is 11.1 Å². The number of carbonyl (C=O) groups is 1. The number of nitrogens with two attached hydrogens (primary N) is 1. The van der Waals surface area contributed by atoms with E-state index in [-0.39, 0.29) is 5.91 Å². The third-order valence-corrected chi connectivity index (χ3v) is 3.04. The highest BCUT2D eigenvalue weighted by Gasteiger charge is 2.12. The first kappa shape index (κ1) is 14.2. The van der Waals surface area contributed by atoms with Crippen LogP contribution in [0.4, 0.5) is 5.69 Å². The largest absolute Gasteiger partial charge is 0.325 e. The van der Waals surface area contributed by atoms with E-state index >= 15 is 0 Å². The third-order valence-electron chi connectivity index (χ3n) is 3.04. The molecule has 0 radical (unpaired) electrons. The van der Waals surface area contributed by atoms with E-state index in [2.05, 4.69) is 22.4 Å². The lowest BCUT2D eigenvalue weighted by atomic mass is 10.1. The topological polar surface area (TPSA) is 85.8 Å². The number of nitrogens with one attached hydrogen (secondary N) is 1. The van der Waals surface area contributed by atoms with Crippen molar-refractivity contribution in [3.8, 4) is 5.69 Å². The van der Waals surface area contributed by atoms with Gasteiger partial charge in [0.05, 0.1) is 11.7 Å². The van der Waals surface area contributed by atoms with Crippen LogP contribution in [0.5, 0.6) is 0 Å². The molecule has 1 heterocycles. The van der Waals surface area contributed by atoms with Crippen molar-refractivity contribution in [2.24, 2.45) is 5.73 Å². The number of hydrogen-bond donors (Lipinski definition) is 2. The lowest BCUT2D eigenvalue weighted by Crippen LogP contribution is -2.35. The van der Waals surface area contributed by atoms with Crippen LogP contribution in [0.25, 0.3) is 5.69 Å². The predicted molar refractivity (Wildman–Crippen MR) is 77.5 cm³/mol. The zero-order chi connectivity index (χ0) is 14.4. The maximum Gasteiger partial charge on any atom is 0.241 e. The molecular weight excluding hydrogens is 254 g/mol. The molecule has 106 valence electrons. The van der Waals surface area contributed by atoms with E-state index in [1.807, 2.05) is 24.3 Å². The van der Waals surface area contributed by atoms with Crippen molar-refractivity contribution >= 4 is 11.6 Å². The Kier molecular flexibility index (Phi) is 4.84. The van der Waals surface area contributed by atoms with Gasteiger partial charge in [0, 0.05) is 5.69 Å². The molecule has 0 saturated heterocycles. The van der Waals surface area contributed by atoms with E-state index in [0.717, 1.165) is 18.5 Å². The number of aromatic nitrogens is 3. The summed E-state index contributed by atoms with van der Waals surface area (Å²) in [7, 11) is 0. The Morgan fingerprint density at radius 1 is 1.40 bits per heavy atom. The highest BCUT2D eigenvalue weighted by atomic mass is 16.2. The van der Waals surface area contributed by atoms with Crippen LogP contribution in [0.2, 0.25) is 0 Å². The molecule has 6 heteroatoms. The van der Waals surface area contributed by atoms with Crippen molar-refractivity contribution < 1.29 is 4.79 Å². The molecule has 6 nitrogen and oxygen atoms in total. The molecule has 0 saturated carbocycles. The Balaban J connectivity index is 2.03. The van der Waals surface area contributed by atoms with E-state index in [0.29, 0.717) is 12.1 Å². The van der Waals surface area contributed by atoms with Gasteiger partial charge in [0.1, 0.15) is 12.7 Å². The van der Waals surface area contributed by atoms with E-state index < -0.39 is 6.04 Å². The van der Waals surface area contributed by atoms with E-state index in [4.69, 9.17) is 5.73 Å². The molecule has 0 aliphatic rings. The van der Waals surface area contributed by atoms with Gasteiger partial charge >= 0.3 is 0 Å². The Hall–Kier alpha value is -2.21. The molecule has 1 aromatic heterocycles. The first-order valence-corrected chi connectivity index (χ1v) is 6.72. The summed E-state index contributed by atoms with van der Waals surface area (Å²) >= 11 is 0. The fourth-order valence-electron chi connectivity index (χ4n) is 1.87. The Morgan fingerprint density at radius 2 is 2.15 bits per heavy atom. The molecular formula is C14H19N5O. The van der Waals surface area contributed by atoms with Crippen LogP contribution in [0.15, 0.2) is 36.9 Å². The van der Waals surface area contributed by atoms with Crippen molar-refractivity contribution in [1.29, 1.82) is 0 Å². The van der Waals surface area contributed by atoms with Gasteiger partial charge in [0.2, 0.25) is 5.91 Å². The van der Waals surface area contributed by atoms with Gasteiger partial charge in [-0.15, -0.1) is 10.2 Å². The molecule has 0 aliphatic carbocycles. The molecule has 2 aromatic rings. The second-order valence-corrected chi connectivity index (χ2v) is 4.66. The molecule has 3 N–H and O–H groups in total. The van der Waals surface area contributed by atoms with E-state index in [1.165, 1.54) is 0 Å². The SMILES string of the molecule is CCCCC(N)C(=O)Nc1cccc(-n2cnnc2)c1. The van der Waals surface area contributed by atoms with Gasteiger partial charge in [-0.25, -0.2) is 0 Å². The van der Waals surface area contributed by atoms with Crippen LogP contribution in [-0.4, -0.2) is 26.7 Å². The Bertz CT molecular complexity index is 552. The monoisotopic (exact) mass is 273 g/mol. The van der Waals surface area contributed by atoms with Crippen molar-refractivity contribution in [2.75, 3.05) is 5.32 Å². The summed E-state index contributed by atoms with van der Waals surface area (Å²) < 4.78 is 1.77. The van der Waals surface area contributed by atoms with Gasteiger partial charge in [-0.2, -0.15) is 0 Å². The van der Waals surface area contributed by atoms with Gasteiger partial charge in [-0.05, 0) is 24.6 Å². The average Bonchev–Trinajstić information content (AvgIpc) is 2.99. The minimum absolute atomic E-state index is 0.153. The molecule has 0 fully saturated rings. The average molecular weight is 273 g/mol. The molecule has 1 atom stereocenters. The Labute approximate surface area is 118 Å². The fourth-order valence-corrected chi connectivity index (χ4v) is 1.87. The smallest absolute Gasteiger partial charge is 0.241 e. The number of carbonyl (C=O) groups excluding carboxylic acids is 1. The third kappa shape index (κ3) is 3.64. The summed E-state index contributed by atoms with van der Waals surface area (Å²) in [6, 6.07) is 7.00. The van der Waals surface area contributed by atoms with Gasteiger partial charge in [0.15, 0.2) is 0 Å². The normalized spacial score (nSPS) is 12.1. The van der Waals surface area contributed by atoms with Crippen molar-refractivity contribution in [1.82, 2.24) is 14.8 Å². The Morgan fingerprint density at radius 3 is 2.85 bits per heavy atom. The number of unbranched alkanes of at least 4 members (excludes halogenated alkanes) is 1. The van der Waals surface area contributed by atoms with E-state index in [9.17, 15) is 4.79 Å². The number of nitrogens with zero attached hydrogens (tertiary/aromatic N) is 3. The standard InChI is InChI=1S/C14H19N5O/c1-2-3-7-13(15)14(20)18-11-5-4-6-12(8-11)19-9-16-17-10-19/h4-6,8-10,13H,2-3,7,15H2,1H3,(H,18,20). The van der Waals surface area contributed by atoms with Crippen molar-refractivity contribution in [2.45, 2.75) is 32.2 Å². The molecule has 0 aliphatic heterocycles. The zero-order valence-corrected chi connectivity index (χ0v) is 11.5. The summed E-state index contributed by atoms with van der Waals surface area (Å²) in [6.45, 7) is 2.08. The molecule has 1 amide bonds. The quantitative estimate of drug-likeness (QED) is 0.839. The second-order valence-electron chi connectivity index (χ2n) is 4.66. The molecule has 1 unspecified atom stereocenters. The summed E-state index contributed by atoms with van der Waals surface area (Å²) in [5.41, 5.74) is 7.45. The maximum atomic E-state index is 11.9. The fraction of sp³-hybridized carbons (Fsp3) is 0.357. The summed E-state index contributed by atoms with van der Waals surface area (Å²) in [4.78, 5) is 11.9. The highest BCUT2D eigenvalue weighted by molar-refractivity contribution is 5.94. The zero-order valence-electron chi connectivity index (χ0n) is 11.5. The van der Waals surface area contributed by atoms with Crippen LogP contribution < -0.4 is 11.1 Å². The van der Waals surface area contributed by atoms with Crippen LogP contribution in [0.1, 0.15) is 26.2 Å². The first-order valence-electron chi connectivity index (χ1n) is 6.72. The second kappa shape index (κ2) is 6.81. The lowest BCUT2D eigenvalue weighted by molar-refractivity contribution is -0.117. The van der Waals surface area contributed by atoms with E-state index in [1.54, 1.807) is 17.2 Å². The van der Waals surface area contributed by atoms with Gasteiger partial charge in [-0.1, -0.05) is 25.8 Å². The van der Waals surface area contributed by atoms with Crippen molar-refractivity contribution in [3.05, 3.63) is 36.9 Å². The highest BCUT2D eigenvalue weighted by Crippen LogP contribution is 2.14. The van der Waals surface area contributed by atoms with Crippen LogP contribution in [0.3, 0.4) is 0 Å². The minimum atomic E-state index is -0.464. The molecule has 20 heavy (non-hydrogen) atoms. The predicted octanol–water partition coefficient (Wildman–Crippen LogP) is 1.72. The van der Waals surface area contributed by atoms with Gasteiger partial charge in [-0.3, -0.25) is 9.36 Å².